The van der Waals surface area contributed by atoms with Gasteiger partial charge >= 0.3 is 0 Å². The van der Waals surface area contributed by atoms with Crippen molar-refractivity contribution in [1.29, 1.82) is 0 Å². The van der Waals surface area contributed by atoms with Crippen molar-refractivity contribution in [2.45, 2.75) is 44.7 Å². The van der Waals surface area contributed by atoms with Gasteiger partial charge < -0.3 is 16.0 Å². The standard InChI is InChI=1S/C13H23N3O/c1-3-5-12(14)13(17)15-11-6-9-16(8-4-2)10-7-11/h1,11-12H,4-10,14H2,2H3,(H,15,17). The lowest BCUT2D eigenvalue weighted by molar-refractivity contribution is -0.123. The zero-order chi connectivity index (χ0) is 12.7. The molecule has 0 bridgehead atoms. The van der Waals surface area contributed by atoms with Gasteiger partial charge in [-0.15, -0.1) is 12.3 Å². The number of nitrogens with one attached hydrogen (secondary N) is 1. The Morgan fingerprint density at radius 3 is 2.76 bits per heavy atom. The molecule has 0 aromatic rings. The van der Waals surface area contributed by atoms with Crippen molar-refractivity contribution in [3.8, 4) is 12.3 Å². The lowest BCUT2D eigenvalue weighted by Gasteiger charge is -2.32. The van der Waals surface area contributed by atoms with Gasteiger partial charge in [0.2, 0.25) is 5.91 Å². The highest BCUT2D eigenvalue weighted by Gasteiger charge is 2.22. The van der Waals surface area contributed by atoms with Gasteiger partial charge in [0.15, 0.2) is 0 Å². The van der Waals surface area contributed by atoms with Crippen LogP contribution in [-0.2, 0) is 4.79 Å². The predicted octanol–water partition coefficient (Wildman–Crippen LogP) is 0.328. The molecule has 1 saturated heterocycles. The number of piperidine rings is 1. The van der Waals surface area contributed by atoms with E-state index in [0.29, 0.717) is 6.42 Å². The summed E-state index contributed by atoms with van der Waals surface area (Å²) in [5.41, 5.74) is 5.65. The first-order valence-electron chi connectivity index (χ1n) is 6.39. The molecule has 1 unspecified atom stereocenters. The maximum Gasteiger partial charge on any atom is 0.238 e. The van der Waals surface area contributed by atoms with Crippen LogP contribution in [0.3, 0.4) is 0 Å². The number of carbonyl (C=O) groups excluding carboxylic acids is 1. The van der Waals surface area contributed by atoms with Crippen LogP contribution in [0.2, 0.25) is 0 Å². The molecule has 0 saturated carbocycles. The zero-order valence-corrected chi connectivity index (χ0v) is 10.6. The Hall–Kier alpha value is -1.05. The first kappa shape index (κ1) is 14.0. The molecule has 0 radical (unpaired) electrons. The molecule has 0 aliphatic carbocycles. The zero-order valence-electron chi connectivity index (χ0n) is 10.6. The third-order valence-corrected chi connectivity index (χ3v) is 3.15. The van der Waals surface area contributed by atoms with Gasteiger partial charge in [-0.25, -0.2) is 0 Å². The van der Waals surface area contributed by atoms with Gasteiger partial charge in [0.1, 0.15) is 0 Å². The molecule has 1 fully saturated rings. The van der Waals surface area contributed by atoms with Crippen molar-refractivity contribution in [1.82, 2.24) is 10.2 Å². The second kappa shape index (κ2) is 7.31. The van der Waals surface area contributed by atoms with Gasteiger partial charge in [-0.3, -0.25) is 4.79 Å². The Balaban J connectivity index is 2.26. The van der Waals surface area contributed by atoms with Gasteiger partial charge in [0, 0.05) is 25.6 Å². The Morgan fingerprint density at radius 2 is 2.24 bits per heavy atom. The van der Waals surface area contributed by atoms with Crippen LogP contribution in [-0.4, -0.2) is 42.5 Å². The number of hydrogen-bond acceptors (Lipinski definition) is 3. The number of likely N-dealkylation sites (tertiary alicyclic amines) is 1. The van der Waals surface area contributed by atoms with Crippen molar-refractivity contribution in [2.24, 2.45) is 5.73 Å². The van der Waals surface area contributed by atoms with Gasteiger partial charge in [-0.05, 0) is 25.8 Å². The molecule has 17 heavy (non-hydrogen) atoms. The SMILES string of the molecule is C#CCC(N)C(=O)NC1CCN(CCC)CC1. The number of nitrogens with zero attached hydrogens (tertiary/aromatic N) is 1. The van der Waals surface area contributed by atoms with Crippen LogP contribution >= 0.6 is 0 Å². The van der Waals surface area contributed by atoms with Crippen LogP contribution in [0, 0.1) is 12.3 Å². The second-order valence-corrected chi connectivity index (χ2v) is 4.64. The topological polar surface area (TPSA) is 58.4 Å². The summed E-state index contributed by atoms with van der Waals surface area (Å²) < 4.78 is 0. The fraction of sp³-hybridized carbons (Fsp3) is 0.769. The van der Waals surface area contributed by atoms with Crippen molar-refractivity contribution >= 4 is 5.91 Å². The predicted molar refractivity (Wildman–Crippen MR) is 69.3 cm³/mol. The lowest BCUT2D eigenvalue weighted by Crippen LogP contribution is -2.49. The molecule has 96 valence electrons. The second-order valence-electron chi connectivity index (χ2n) is 4.64. The van der Waals surface area contributed by atoms with E-state index in [1.165, 1.54) is 6.42 Å². The highest BCUT2D eigenvalue weighted by molar-refractivity contribution is 5.82. The highest BCUT2D eigenvalue weighted by atomic mass is 16.2. The summed E-state index contributed by atoms with van der Waals surface area (Å²) in [6.45, 7) is 5.45. The number of nitrogens with two attached hydrogens (primary N) is 1. The Bertz CT molecular complexity index is 277. The lowest BCUT2D eigenvalue weighted by atomic mass is 10.0. The van der Waals surface area contributed by atoms with E-state index in [2.05, 4.69) is 23.1 Å². The van der Waals surface area contributed by atoms with Crippen molar-refractivity contribution in [3.63, 3.8) is 0 Å². The van der Waals surface area contributed by atoms with Crippen LogP contribution in [0.15, 0.2) is 0 Å². The van der Waals surface area contributed by atoms with E-state index in [0.717, 1.165) is 32.5 Å². The van der Waals surface area contributed by atoms with Crippen LogP contribution in [0.5, 0.6) is 0 Å². The molecule has 4 nitrogen and oxygen atoms in total. The van der Waals surface area contributed by atoms with E-state index in [1.54, 1.807) is 0 Å². The highest BCUT2D eigenvalue weighted by Crippen LogP contribution is 2.10. The minimum atomic E-state index is -0.561. The molecule has 1 amide bonds. The fourth-order valence-electron chi connectivity index (χ4n) is 2.15. The van der Waals surface area contributed by atoms with E-state index in [9.17, 15) is 4.79 Å². The summed E-state index contributed by atoms with van der Waals surface area (Å²) in [6, 6.07) is -0.298. The summed E-state index contributed by atoms with van der Waals surface area (Å²) in [5, 5.41) is 2.98. The normalized spacial score (nSPS) is 19.6. The van der Waals surface area contributed by atoms with E-state index >= 15 is 0 Å². The van der Waals surface area contributed by atoms with Crippen LogP contribution in [0.1, 0.15) is 32.6 Å². The molecule has 1 aliphatic rings. The monoisotopic (exact) mass is 237 g/mol. The van der Waals surface area contributed by atoms with Gasteiger partial charge in [0.25, 0.3) is 0 Å². The van der Waals surface area contributed by atoms with Crippen LogP contribution in [0.25, 0.3) is 0 Å². The Labute approximate surface area is 104 Å². The summed E-state index contributed by atoms with van der Waals surface area (Å²) in [4.78, 5) is 14.1. The third-order valence-electron chi connectivity index (χ3n) is 3.15. The van der Waals surface area contributed by atoms with E-state index in [1.807, 2.05) is 0 Å². The van der Waals surface area contributed by atoms with Crippen LogP contribution < -0.4 is 11.1 Å². The molecule has 4 heteroatoms. The number of rotatable bonds is 5. The smallest absolute Gasteiger partial charge is 0.238 e. The van der Waals surface area contributed by atoms with Crippen molar-refractivity contribution in [3.05, 3.63) is 0 Å². The minimum Gasteiger partial charge on any atom is -0.352 e. The van der Waals surface area contributed by atoms with Gasteiger partial charge in [0.05, 0.1) is 6.04 Å². The minimum absolute atomic E-state index is 0.114. The van der Waals surface area contributed by atoms with Crippen LogP contribution in [0.4, 0.5) is 0 Å². The maximum absolute atomic E-state index is 11.7. The number of hydrogen-bond donors (Lipinski definition) is 2. The first-order valence-corrected chi connectivity index (χ1v) is 6.39. The number of terminal acetylenes is 1. The molecule has 0 spiro atoms. The summed E-state index contributed by atoms with van der Waals surface area (Å²) in [7, 11) is 0. The van der Waals surface area contributed by atoms with Crippen molar-refractivity contribution < 1.29 is 4.79 Å². The Morgan fingerprint density at radius 1 is 1.59 bits per heavy atom. The molecular weight excluding hydrogens is 214 g/mol. The molecule has 0 aromatic carbocycles. The molecule has 1 rings (SSSR count). The van der Waals surface area contributed by atoms with E-state index < -0.39 is 6.04 Å². The third kappa shape index (κ3) is 4.76. The first-order chi connectivity index (χ1) is 8.17. The average Bonchev–Trinajstić information content (AvgIpc) is 2.32. The molecule has 1 atom stereocenters. The fourth-order valence-corrected chi connectivity index (χ4v) is 2.15. The van der Waals surface area contributed by atoms with E-state index in [4.69, 9.17) is 12.2 Å². The molecule has 1 aliphatic heterocycles. The molecule has 1 heterocycles. The molecule has 3 N–H and O–H groups in total. The summed E-state index contributed by atoms with van der Waals surface area (Å²) in [6.07, 6.45) is 8.64. The molecular formula is C13H23N3O. The van der Waals surface area contributed by atoms with E-state index in [-0.39, 0.29) is 11.9 Å². The number of amides is 1. The number of carbonyl (C=O) groups is 1. The maximum atomic E-state index is 11.7. The summed E-state index contributed by atoms with van der Waals surface area (Å²) >= 11 is 0. The summed E-state index contributed by atoms with van der Waals surface area (Å²) in [5.74, 6) is 2.30. The van der Waals surface area contributed by atoms with Crippen molar-refractivity contribution in [2.75, 3.05) is 19.6 Å². The molecule has 0 aromatic heterocycles. The Kier molecular flexibility index (Phi) is 6.03. The average molecular weight is 237 g/mol. The van der Waals surface area contributed by atoms with Gasteiger partial charge in [-0.1, -0.05) is 6.92 Å². The largest absolute Gasteiger partial charge is 0.352 e. The quantitative estimate of drug-likeness (QED) is 0.677. The van der Waals surface area contributed by atoms with Gasteiger partial charge in [-0.2, -0.15) is 0 Å².